The Labute approximate surface area is 121 Å². The monoisotopic (exact) mass is 279 g/mol. The summed E-state index contributed by atoms with van der Waals surface area (Å²) < 4.78 is 1.93. The van der Waals surface area contributed by atoms with Crippen LogP contribution in [0, 0.1) is 0 Å². The van der Waals surface area contributed by atoms with Gasteiger partial charge in [-0.2, -0.15) is 0 Å². The van der Waals surface area contributed by atoms with Gasteiger partial charge < -0.3 is 16.0 Å². The molecule has 3 rings (SSSR count). The summed E-state index contributed by atoms with van der Waals surface area (Å²) in [5, 5.41) is 0. The number of nitrogens with two attached hydrogens (primary N) is 2. The number of primary amides is 1. The van der Waals surface area contributed by atoms with Gasteiger partial charge in [0.15, 0.2) is 0 Å². The Morgan fingerprint density at radius 1 is 1.14 bits per heavy atom. The standard InChI is InChI=1S/C15H13N5O/c16-14(21)10-3-4-13(20-7-1-2-8-20)11(9-10)12-5-6-18-15(17)19-12/h1-9H,(H2,16,21)(H2,17,18,19). The molecule has 0 saturated heterocycles. The maximum absolute atomic E-state index is 11.4. The van der Waals surface area contributed by atoms with E-state index in [0.29, 0.717) is 11.3 Å². The van der Waals surface area contributed by atoms with E-state index in [9.17, 15) is 4.79 Å². The van der Waals surface area contributed by atoms with Crippen LogP contribution in [-0.4, -0.2) is 20.4 Å². The Hall–Kier alpha value is -3.15. The van der Waals surface area contributed by atoms with E-state index >= 15 is 0 Å². The summed E-state index contributed by atoms with van der Waals surface area (Å²) in [5.74, 6) is -0.312. The Balaban J connectivity index is 2.24. The third-order valence-corrected chi connectivity index (χ3v) is 3.11. The van der Waals surface area contributed by atoms with Crippen molar-refractivity contribution in [3.05, 3.63) is 60.6 Å². The molecule has 0 radical (unpaired) electrons. The van der Waals surface area contributed by atoms with Crippen LogP contribution >= 0.6 is 0 Å². The summed E-state index contributed by atoms with van der Waals surface area (Å²) in [6.07, 6.45) is 5.40. The second kappa shape index (κ2) is 5.09. The molecule has 4 N–H and O–H groups in total. The lowest BCUT2D eigenvalue weighted by atomic mass is 10.0. The zero-order valence-corrected chi connectivity index (χ0v) is 11.1. The fourth-order valence-corrected chi connectivity index (χ4v) is 2.14. The number of nitrogens with zero attached hydrogens (tertiary/aromatic N) is 3. The minimum atomic E-state index is -0.489. The molecular weight excluding hydrogens is 266 g/mol. The molecule has 2 heterocycles. The fraction of sp³-hybridized carbons (Fsp3) is 0. The molecule has 6 nitrogen and oxygen atoms in total. The number of nitrogen functional groups attached to an aromatic ring is 1. The molecule has 1 amide bonds. The second-order valence-corrected chi connectivity index (χ2v) is 4.49. The van der Waals surface area contributed by atoms with E-state index in [1.54, 1.807) is 24.4 Å². The van der Waals surface area contributed by atoms with E-state index in [2.05, 4.69) is 9.97 Å². The summed E-state index contributed by atoms with van der Waals surface area (Å²) in [4.78, 5) is 19.5. The van der Waals surface area contributed by atoms with E-state index in [4.69, 9.17) is 11.5 Å². The van der Waals surface area contributed by atoms with Gasteiger partial charge in [0.2, 0.25) is 11.9 Å². The molecular formula is C15H13N5O. The molecule has 0 spiro atoms. The highest BCUT2D eigenvalue weighted by Crippen LogP contribution is 2.27. The van der Waals surface area contributed by atoms with Gasteiger partial charge in [-0.25, -0.2) is 9.97 Å². The first-order valence-electron chi connectivity index (χ1n) is 6.31. The van der Waals surface area contributed by atoms with Crippen molar-refractivity contribution in [1.29, 1.82) is 0 Å². The molecule has 2 aromatic heterocycles. The SMILES string of the molecule is NC(=O)c1ccc(-n2cccc2)c(-c2ccnc(N)n2)c1. The number of benzene rings is 1. The van der Waals surface area contributed by atoms with Crippen LogP contribution in [-0.2, 0) is 0 Å². The zero-order chi connectivity index (χ0) is 14.8. The number of carbonyl (C=O) groups excluding carboxylic acids is 1. The van der Waals surface area contributed by atoms with Gasteiger partial charge in [0.25, 0.3) is 0 Å². The highest BCUT2D eigenvalue weighted by atomic mass is 16.1. The molecule has 0 unspecified atom stereocenters. The molecule has 0 aliphatic carbocycles. The lowest BCUT2D eigenvalue weighted by Crippen LogP contribution is -2.11. The molecule has 6 heteroatoms. The number of amides is 1. The Morgan fingerprint density at radius 3 is 2.57 bits per heavy atom. The molecule has 104 valence electrons. The Morgan fingerprint density at radius 2 is 1.90 bits per heavy atom. The first-order valence-corrected chi connectivity index (χ1v) is 6.31. The molecule has 0 aliphatic heterocycles. The van der Waals surface area contributed by atoms with Crippen LogP contribution in [0.5, 0.6) is 0 Å². The molecule has 0 bridgehead atoms. The number of aromatic nitrogens is 3. The summed E-state index contributed by atoms with van der Waals surface area (Å²) in [7, 11) is 0. The van der Waals surface area contributed by atoms with Gasteiger partial charge in [-0.3, -0.25) is 4.79 Å². The van der Waals surface area contributed by atoms with Crippen LogP contribution in [0.1, 0.15) is 10.4 Å². The summed E-state index contributed by atoms with van der Waals surface area (Å²) in [6, 6.07) is 10.8. The fourth-order valence-electron chi connectivity index (χ4n) is 2.14. The number of hydrogen-bond donors (Lipinski definition) is 2. The Bertz CT molecular complexity index is 796. The van der Waals surface area contributed by atoms with Gasteiger partial charge >= 0.3 is 0 Å². The van der Waals surface area contributed by atoms with Gasteiger partial charge in [0, 0.05) is 29.7 Å². The number of carbonyl (C=O) groups is 1. The molecule has 0 atom stereocenters. The van der Waals surface area contributed by atoms with Gasteiger partial charge in [-0.15, -0.1) is 0 Å². The van der Waals surface area contributed by atoms with Crippen molar-refractivity contribution in [2.45, 2.75) is 0 Å². The van der Waals surface area contributed by atoms with Crippen LogP contribution < -0.4 is 11.5 Å². The van der Waals surface area contributed by atoms with Gasteiger partial charge in [-0.05, 0) is 36.4 Å². The molecule has 0 saturated carbocycles. The maximum atomic E-state index is 11.4. The highest BCUT2D eigenvalue weighted by Gasteiger charge is 2.12. The molecule has 0 aliphatic rings. The number of hydrogen-bond acceptors (Lipinski definition) is 4. The van der Waals surface area contributed by atoms with E-state index < -0.39 is 5.91 Å². The van der Waals surface area contributed by atoms with Crippen LogP contribution in [0.15, 0.2) is 55.0 Å². The van der Waals surface area contributed by atoms with Crippen molar-refractivity contribution in [3.8, 4) is 16.9 Å². The Kier molecular flexibility index (Phi) is 3.12. The smallest absolute Gasteiger partial charge is 0.248 e. The quantitative estimate of drug-likeness (QED) is 0.760. The van der Waals surface area contributed by atoms with Crippen LogP contribution in [0.25, 0.3) is 16.9 Å². The van der Waals surface area contributed by atoms with E-state index in [1.165, 1.54) is 0 Å². The first kappa shape index (κ1) is 12.9. The molecule has 0 fully saturated rings. The summed E-state index contributed by atoms with van der Waals surface area (Å²) >= 11 is 0. The van der Waals surface area contributed by atoms with Gasteiger partial charge in [0.05, 0.1) is 11.4 Å². The topological polar surface area (TPSA) is 99.8 Å². The van der Waals surface area contributed by atoms with Crippen LogP contribution in [0.3, 0.4) is 0 Å². The predicted octanol–water partition coefficient (Wildman–Crippen LogP) is 1.62. The van der Waals surface area contributed by atoms with Gasteiger partial charge in [-0.1, -0.05) is 0 Å². The van der Waals surface area contributed by atoms with Crippen molar-refractivity contribution >= 4 is 11.9 Å². The maximum Gasteiger partial charge on any atom is 0.248 e. The normalized spacial score (nSPS) is 10.5. The average Bonchev–Trinajstić information content (AvgIpc) is 3.00. The zero-order valence-electron chi connectivity index (χ0n) is 11.1. The van der Waals surface area contributed by atoms with Crippen molar-refractivity contribution in [3.63, 3.8) is 0 Å². The minimum Gasteiger partial charge on any atom is -0.368 e. The van der Waals surface area contributed by atoms with E-state index in [0.717, 1.165) is 11.3 Å². The van der Waals surface area contributed by atoms with Crippen LogP contribution in [0.4, 0.5) is 5.95 Å². The lowest BCUT2D eigenvalue weighted by Gasteiger charge is -2.12. The van der Waals surface area contributed by atoms with E-state index in [1.807, 2.05) is 35.2 Å². The lowest BCUT2D eigenvalue weighted by molar-refractivity contribution is 0.100. The highest BCUT2D eigenvalue weighted by molar-refractivity contribution is 5.95. The van der Waals surface area contributed by atoms with E-state index in [-0.39, 0.29) is 5.95 Å². The van der Waals surface area contributed by atoms with Crippen molar-refractivity contribution in [2.75, 3.05) is 5.73 Å². The third-order valence-electron chi connectivity index (χ3n) is 3.11. The largest absolute Gasteiger partial charge is 0.368 e. The first-order chi connectivity index (χ1) is 10.1. The van der Waals surface area contributed by atoms with Crippen molar-refractivity contribution in [2.24, 2.45) is 5.73 Å². The molecule has 3 aromatic rings. The van der Waals surface area contributed by atoms with Crippen molar-refractivity contribution in [1.82, 2.24) is 14.5 Å². The summed E-state index contributed by atoms with van der Waals surface area (Å²) in [5.41, 5.74) is 13.7. The second-order valence-electron chi connectivity index (χ2n) is 4.49. The average molecular weight is 279 g/mol. The number of anilines is 1. The summed E-state index contributed by atoms with van der Waals surface area (Å²) in [6.45, 7) is 0. The third kappa shape index (κ3) is 2.46. The minimum absolute atomic E-state index is 0.176. The van der Waals surface area contributed by atoms with Crippen molar-refractivity contribution < 1.29 is 4.79 Å². The van der Waals surface area contributed by atoms with Gasteiger partial charge in [0.1, 0.15) is 0 Å². The van der Waals surface area contributed by atoms with Crippen LogP contribution in [0.2, 0.25) is 0 Å². The molecule has 21 heavy (non-hydrogen) atoms. The molecule has 1 aromatic carbocycles. The number of rotatable bonds is 3. The predicted molar refractivity (Wildman–Crippen MR) is 79.7 cm³/mol.